The Hall–Kier alpha value is -1.49. The van der Waals surface area contributed by atoms with Crippen molar-refractivity contribution < 1.29 is 4.74 Å². The number of nitrogens with zero attached hydrogens (tertiary/aromatic N) is 2. The van der Waals surface area contributed by atoms with Gasteiger partial charge in [-0.3, -0.25) is 4.99 Å². The van der Waals surface area contributed by atoms with E-state index < -0.39 is 0 Å². The highest BCUT2D eigenvalue weighted by Gasteiger charge is 1.96. The Morgan fingerprint density at radius 1 is 1.29 bits per heavy atom. The van der Waals surface area contributed by atoms with E-state index >= 15 is 0 Å². The van der Waals surface area contributed by atoms with Gasteiger partial charge < -0.3 is 19.9 Å². The molecule has 0 fully saturated rings. The Bertz CT molecular complexity index is 308. The Kier molecular flexibility index (Phi) is 6.90. The fourth-order valence-electron chi connectivity index (χ4n) is 1.41. The second kappa shape index (κ2) is 8.64. The van der Waals surface area contributed by atoms with Crippen molar-refractivity contribution in [3.63, 3.8) is 0 Å². The molecular weight excluding hydrogens is 216 g/mol. The molecule has 1 rings (SSSR count). The zero-order valence-electron chi connectivity index (χ0n) is 10.6. The summed E-state index contributed by atoms with van der Waals surface area (Å²) in [4.78, 5) is 4.38. The molecule has 0 saturated heterocycles. The lowest BCUT2D eigenvalue weighted by Gasteiger charge is -2.11. The van der Waals surface area contributed by atoms with Crippen molar-refractivity contribution in [1.29, 1.82) is 0 Å². The SMILES string of the molecule is CCNC(=NCCOC)NCCn1cccc1. The van der Waals surface area contributed by atoms with Crippen LogP contribution in [-0.4, -0.2) is 43.9 Å². The Morgan fingerprint density at radius 3 is 2.71 bits per heavy atom. The molecule has 0 unspecified atom stereocenters. The van der Waals surface area contributed by atoms with E-state index in [1.54, 1.807) is 7.11 Å². The predicted octanol–water partition coefficient (Wildman–Crippen LogP) is 0.690. The summed E-state index contributed by atoms with van der Waals surface area (Å²) in [7, 11) is 1.68. The van der Waals surface area contributed by atoms with Gasteiger partial charge in [0, 0.05) is 39.1 Å². The number of hydrogen-bond acceptors (Lipinski definition) is 2. The van der Waals surface area contributed by atoms with Crippen LogP contribution in [0.5, 0.6) is 0 Å². The molecule has 0 spiro atoms. The molecule has 2 N–H and O–H groups in total. The van der Waals surface area contributed by atoms with Crippen molar-refractivity contribution in [2.45, 2.75) is 13.5 Å². The highest BCUT2D eigenvalue weighted by Crippen LogP contribution is 1.88. The van der Waals surface area contributed by atoms with Crippen LogP contribution in [0.2, 0.25) is 0 Å². The first-order valence-corrected chi connectivity index (χ1v) is 5.98. The Balaban J connectivity index is 2.25. The molecule has 0 aliphatic carbocycles. The van der Waals surface area contributed by atoms with Crippen LogP contribution in [-0.2, 0) is 11.3 Å². The Labute approximate surface area is 103 Å². The molecule has 1 aromatic rings. The molecule has 0 bridgehead atoms. The van der Waals surface area contributed by atoms with Crippen LogP contribution in [0.25, 0.3) is 0 Å². The maximum atomic E-state index is 4.97. The maximum Gasteiger partial charge on any atom is 0.191 e. The van der Waals surface area contributed by atoms with Crippen LogP contribution in [0.15, 0.2) is 29.5 Å². The van der Waals surface area contributed by atoms with E-state index in [9.17, 15) is 0 Å². The zero-order chi connectivity index (χ0) is 12.3. The number of rotatable bonds is 7. The van der Waals surface area contributed by atoms with Gasteiger partial charge in [0.2, 0.25) is 0 Å². The molecule has 0 saturated carbocycles. The lowest BCUT2D eigenvalue weighted by molar-refractivity contribution is 0.208. The minimum atomic E-state index is 0.647. The van der Waals surface area contributed by atoms with Crippen LogP contribution in [0.3, 0.4) is 0 Å². The molecule has 0 amide bonds. The van der Waals surface area contributed by atoms with Gasteiger partial charge in [-0.15, -0.1) is 0 Å². The van der Waals surface area contributed by atoms with E-state index in [0.29, 0.717) is 13.2 Å². The number of methoxy groups -OCH3 is 1. The van der Waals surface area contributed by atoms with E-state index in [2.05, 4.69) is 39.5 Å². The normalized spacial score (nSPS) is 11.5. The van der Waals surface area contributed by atoms with Gasteiger partial charge in [0.05, 0.1) is 13.2 Å². The van der Waals surface area contributed by atoms with Crippen LogP contribution in [0.1, 0.15) is 6.92 Å². The molecule has 5 nitrogen and oxygen atoms in total. The molecule has 0 radical (unpaired) electrons. The van der Waals surface area contributed by atoms with E-state index in [0.717, 1.165) is 25.6 Å². The van der Waals surface area contributed by atoms with Crippen LogP contribution >= 0.6 is 0 Å². The largest absolute Gasteiger partial charge is 0.383 e. The summed E-state index contributed by atoms with van der Waals surface area (Å²) >= 11 is 0. The maximum absolute atomic E-state index is 4.97. The minimum absolute atomic E-state index is 0.647. The third-order valence-corrected chi connectivity index (χ3v) is 2.24. The molecule has 0 atom stereocenters. The van der Waals surface area contributed by atoms with Crippen LogP contribution in [0, 0.1) is 0 Å². The monoisotopic (exact) mass is 238 g/mol. The lowest BCUT2D eigenvalue weighted by Crippen LogP contribution is -2.39. The first-order chi connectivity index (χ1) is 8.36. The molecule has 0 aromatic carbocycles. The summed E-state index contributed by atoms with van der Waals surface area (Å²) in [6, 6.07) is 4.05. The van der Waals surface area contributed by atoms with Gasteiger partial charge in [0.15, 0.2) is 5.96 Å². The molecule has 0 aliphatic heterocycles. The third-order valence-electron chi connectivity index (χ3n) is 2.24. The van der Waals surface area contributed by atoms with Gasteiger partial charge in [-0.25, -0.2) is 0 Å². The van der Waals surface area contributed by atoms with E-state index in [4.69, 9.17) is 4.74 Å². The quantitative estimate of drug-likeness (QED) is 0.417. The molecule has 96 valence electrons. The number of aromatic nitrogens is 1. The molecule has 17 heavy (non-hydrogen) atoms. The van der Waals surface area contributed by atoms with Crippen molar-refractivity contribution in [3.05, 3.63) is 24.5 Å². The second-order valence-electron chi connectivity index (χ2n) is 3.60. The average molecular weight is 238 g/mol. The van der Waals surface area contributed by atoms with Gasteiger partial charge in [-0.2, -0.15) is 0 Å². The lowest BCUT2D eigenvalue weighted by atomic mass is 10.6. The third kappa shape index (κ3) is 5.97. The predicted molar refractivity (Wildman–Crippen MR) is 70.3 cm³/mol. The topological polar surface area (TPSA) is 50.6 Å². The smallest absolute Gasteiger partial charge is 0.191 e. The van der Waals surface area contributed by atoms with Crippen LogP contribution < -0.4 is 10.6 Å². The standard InChI is InChI=1S/C12H22N4O/c1-3-13-12(15-7-11-17-2)14-6-10-16-8-4-5-9-16/h4-5,8-9H,3,6-7,10-11H2,1-2H3,(H2,13,14,15). The first-order valence-electron chi connectivity index (χ1n) is 5.98. The molecule has 5 heteroatoms. The summed E-state index contributed by atoms with van der Waals surface area (Å²) in [6.07, 6.45) is 4.10. The summed E-state index contributed by atoms with van der Waals surface area (Å²) in [5.74, 6) is 0.844. The number of guanidine groups is 1. The second-order valence-corrected chi connectivity index (χ2v) is 3.60. The fourth-order valence-corrected chi connectivity index (χ4v) is 1.41. The number of hydrogen-bond donors (Lipinski definition) is 2. The molecule has 0 aliphatic rings. The zero-order valence-corrected chi connectivity index (χ0v) is 10.6. The van der Waals surface area contributed by atoms with Crippen molar-refractivity contribution >= 4 is 5.96 Å². The molecular formula is C12H22N4O. The van der Waals surface area contributed by atoms with Crippen molar-refractivity contribution in [3.8, 4) is 0 Å². The highest BCUT2D eigenvalue weighted by atomic mass is 16.5. The first kappa shape index (κ1) is 13.6. The number of nitrogens with one attached hydrogen (secondary N) is 2. The fraction of sp³-hybridized carbons (Fsp3) is 0.583. The number of ether oxygens (including phenoxy) is 1. The summed E-state index contributed by atoms with van der Waals surface area (Å²) < 4.78 is 7.10. The highest BCUT2D eigenvalue weighted by molar-refractivity contribution is 5.79. The summed E-state index contributed by atoms with van der Waals surface area (Å²) in [5, 5.41) is 6.48. The average Bonchev–Trinajstić information content (AvgIpc) is 2.82. The van der Waals surface area contributed by atoms with Crippen molar-refractivity contribution in [1.82, 2.24) is 15.2 Å². The van der Waals surface area contributed by atoms with Crippen molar-refractivity contribution in [2.24, 2.45) is 4.99 Å². The number of aliphatic imine (C=N–C) groups is 1. The Morgan fingerprint density at radius 2 is 2.06 bits per heavy atom. The van der Waals surface area contributed by atoms with Gasteiger partial charge in [-0.05, 0) is 19.1 Å². The molecule has 1 heterocycles. The summed E-state index contributed by atoms with van der Waals surface area (Å²) in [6.45, 7) is 6.03. The van der Waals surface area contributed by atoms with Gasteiger partial charge in [0.1, 0.15) is 0 Å². The van der Waals surface area contributed by atoms with Gasteiger partial charge in [0.25, 0.3) is 0 Å². The van der Waals surface area contributed by atoms with Gasteiger partial charge in [-0.1, -0.05) is 0 Å². The van der Waals surface area contributed by atoms with Gasteiger partial charge >= 0.3 is 0 Å². The van der Waals surface area contributed by atoms with Crippen molar-refractivity contribution in [2.75, 3.05) is 33.4 Å². The minimum Gasteiger partial charge on any atom is -0.383 e. The summed E-state index contributed by atoms with van der Waals surface area (Å²) in [5.41, 5.74) is 0. The van der Waals surface area contributed by atoms with Crippen LogP contribution in [0.4, 0.5) is 0 Å². The van der Waals surface area contributed by atoms with E-state index in [1.807, 2.05) is 12.1 Å². The molecule has 1 aromatic heterocycles. The van der Waals surface area contributed by atoms with E-state index in [1.165, 1.54) is 0 Å². The van der Waals surface area contributed by atoms with E-state index in [-0.39, 0.29) is 0 Å².